The van der Waals surface area contributed by atoms with Crippen molar-refractivity contribution in [1.82, 2.24) is 0 Å². The Labute approximate surface area is 115 Å². The highest BCUT2D eigenvalue weighted by atomic mass is 16.5. The molecule has 0 spiro atoms. The molecule has 2 N–H and O–H groups in total. The number of benzene rings is 2. The summed E-state index contributed by atoms with van der Waals surface area (Å²) in [6.07, 6.45) is 0. The van der Waals surface area contributed by atoms with Gasteiger partial charge < -0.3 is 10.5 Å². The molecule has 0 atom stereocenters. The van der Waals surface area contributed by atoms with Crippen molar-refractivity contribution in [2.24, 2.45) is 5.73 Å². The zero-order chi connectivity index (χ0) is 13.8. The van der Waals surface area contributed by atoms with Crippen LogP contribution in [0.25, 0.3) is 0 Å². The number of ether oxygens (including phenoxy) is 1. The molecular weight excluding hydrogens is 234 g/mol. The fourth-order valence-electron chi connectivity index (χ4n) is 2.19. The molecule has 100 valence electrons. The van der Waals surface area contributed by atoms with Crippen LogP contribution in [0.15, 0.2) is 36.4 Å². The summed E-state index contributed by atoms with van der Waals surface area (Å²) in [4.78, 5) is 0. The van der Waals surface area contributed by atoms with Gasteiger partial charge in [-0.1, -0.05) is 36.4 Å². The molecule has 2 heteroatoms. The quantitative estimate of drug-likeness (QED) is 0.905. The molecule has 0 fully saturated rings. The molecule has 2 aromatic carbocycles. The van der Waals surface area contributed by atoms with Gasteiger partial charge in [-0.2, -0.15) is 0 Å². The van der Waals surface area contributed by atoms with E-state index in [2.05, 4.69) is 45.0 Å². The highest BCUT2D eigenvalue weighted by molar-refractivity contribution is 5.44. The zero-order valence-electron chi connectivity index (χ0n) is 11.9. The van der Waals surface area contributed by atoms with Crippen LogP contribution in [0.4, 0.5) is 0 Å². The Hall–Kier alpha value is -1.80. The lowest BCUT2D eigenvalue weighted by Gasteiger charge is -2.15. The van der Waals surface area contributed by atoms with Crippen LogP contribution in [0.3, 0.4) is 0 Å². The maximum absolute atomic E-state index is 6.02. The van der Waals surface area contributed by atoms with Gasteiger partial charge in [0, 0.05) is 6.54 Å². The van der Waals surface area contributed by atoms with Crippen LogP contribution in [0, 0.1) is 20.8 Å². The molecule has 0 aromatic heterocycles. The molecule has 0 saturated carbocycles. The molecular formula is C17H21NO. The molecule has 19 heavy (non-hydrogen) atoms. The summed E-state index contributed by atoms with van der Waals surface area (Å²) in [7, 11) is 0. The van der Waals surface area contributed by atoms with Gasteiger partial charge in [-0.05, 0) is 48.6 Å². The maximum Gasteiger partial charge on any atom is 0.125 e. The van der Waals surface area contributed by atoms with Crippen LogP contribution in [-0.4, -0.2) is 0 Å². The first-order valence-electron chi connectivity index (χ1n) is 6.60. The van der Waals surface area contributed by atoms with Gasteiger partial charge >= 0.3 is 0 Å². The van der Waals surface area contributed by atoms with Crippen molar-refractivity contribution in [3.8, 4) is 5.75 Å². The fraction of sp³-hybridized carbons (Fsp3) is 0.294. The van der Waals surface area contributed by atoms with Crippen LogP contribution < -0.4 is 10.5 Å². The minimum atomic E-state index is 0.547. The predicted octanol–water partition coefficient (Wildman–Crippen LogP) is 3.65. The number of nitrogens with two attached hydrogens (primary N) is 1. The van der Waals surface area contributed by atoms with E-state index in [1.54, 1.807) is 0 Å². The number of hydrogen-bond acceptors (Lipinski definition) is 2. The minimum absolute atomic E-state index is 0.547. The van der Waals surface area contributed by atoms with Gasteiger partial charge in [0.25, 0.3) is 0 Å². The van der Waals surface area contributed by atoms with Gasteiger partial charge in [-0.15, -0.1) is 0 Å². The lowest BCUT2D eigenvalue weighted by atomic mass is 10.0. The third-order valence-electron chi connectivity index (χ3n) is 3.58. The third kappa shape index (κ3) is 2.96. The summed E-state index contributed by atoms with van der Waals surface area (Å²) >= 11 is 0. The summed E-state index contributed by atoms with van der Waals surface area (Å²) < 4.78 is 6.02. The van der Waals surface area contributed by atoms with Gasteiger partial charge in [0.2, 0.25) is 0 Å². The Morgan fingerprint density at radius 2 is 1.53 bits per heavy atom. The van der Waals surface area contributed by atoms with Crippen molar-refractivity contribution in [2.45, 2.75) is 33.9 Å². The first kappa shape index (κ1) is 13.6. The van der Waals surface area contributed by atoms with Crippen LogP contribution >= 0.6 is 0 Å². The van der Waals surface area contributed by atoms with Gasteiger partial charge in [0.1, 0.15) is 12.4 Å². The average Bonchev–Trinajstić information content (AvgIpc) is 2.43. The minimum Gasteiger partial charge on any atom is -0.488 e. The van der Waals surface area contributed by atoms with Crippen molar-refractivity contribution in [2.75, 3.05) is 0 Å². The summed E-state index contributed by atoms with van der Waals surface area (Å²) in [6, 6.07) is 12.4. The van der Waals surface area contributed by atoms with E-state index in [-0.39, 0.29) is 0 Å². The third-order valence-corrected chi connectivity index (χ3v) is 3.58. The lowest BCUT2D eigenvalue weighted by Crippen LogP contribution is -2.06. The fourth-order valence-corrected chi connectivity index (χ4v) is 2.19. The summed E-state index contributed by atoms with van der Waals surface area (Å²) in [5, 5.41) is 0. The van der Waals surface area contributed by atoms with Crippen molar-refractivity contribution in [1.29, 1.82) is 0 Å². The number of aryl methyl sites for hydroxylation is 2. The number of hydrogen-bond donors (Lipinski definition) is 1. The number of rotatable bonds is 4. The second kappa shape index (κ2) is 5.89. The van der Waals surface area contributed by atoms with Crippen LogP contribution in [0.2, 0.25) is 0 Å². The van der Waals surface area contributed by atoms with E-state index in [1.807, 2.05) is 12.1 Å². The first-order chi connectivity index (χ1) is 9.13. The average molecular weight is 255 g/mol. The van der Waals surface area contributed by atoms with Gasteiger partial charge in [-0.3, -0.25) is 0 Å². The highest BCUT2D eigenvalue weighted by Crippen LogP contribution is 2.26. The largest absolute Gasteiger partial charge is 0.488 e. The monoisotopic (exact) mass is 255 g/mol. The van der Waals surface area contributed by atoms with E-state index in [0.29, 0.717) is 13.2 Å². The van der Waals surface area contributed by atoms with Crippen molar-refractivity contribution in [3.63, 3.8) is 0 Å². The maximum atomic E-state index is 6.02. The van der Waals surface area contributed by atoms with Gasteiger partial charge in [-0.25, -0.2) is 0 Å². The molecule has 0 bridgehead atoms. The molecule has 0 heterocycles. The Morgan fingerprint density at radius 3 is 2.21 bits per heavy atom. The van der Waals surface area contributed by atoms with Gasteiger partial charge in [0.05, 0.1) is 0 Å². The van der Waals surface area contributed by atoms with E-state index in [0.717, 1.165) is 16.9 Å². The van der Waals surface area contributed by atoms with Gasteiger partial charge in [0.15, 0.2) is 0 Å². The summed E-state index contributed by atoms with van der Waals surface area (Å²) in [5.41, 5.74) is 11.7. The Bertz CT molecular complexity index is 575. The smallest absolute Gasteiger partial charge is 0.125 e. The standard InChI is InChI=1S/C17H21NO/c1-12-8-9-13(2)17(14(12)3)19-11-16-7-5-4-6-15(16)10-18/h4-9H,10-11,18H2,1-3H3. The summed E-state index contributed by atoms with van der Waals surface area (Å²) in [6.45, 7) is 7.41. The van der Waals surface area contributed by atoms with Crippen molar-refractivity contribution < 1.29 is 4.74 Å². The van der Waals surface area contributed by atoms with Crippen LogP contribution in [0.5, 0.6) is 5.75 Å². The Balaban J connectivity index is 2.21. The van der Waals surface area contributed by atoms with E-state index in [9.17, 15) is 0 Å². The van der Waals surface area contributed by atoms with Crippen molar-refractivity contribution >= 4 is 0 Å². The first-order valence-corrected chi connectivity index (χ1v) is 6.60. The topological polar surface area (TPSA) is 35.2 Å². The highest BCUT2D eigenvalue weighted by Gasteiger charge is 2.07. The van der Waals surface area contributed by atoms with E-state index < -0.39 is 0 Å². The lowest BCUT2D eigenvalue weighted by molar-refractivity contribution is 0.300. The molecule has 0 aliphatic carbocycles. The molecule has 0 unspecified atom stereocenters. The summed E-state index contributed by atoms with van der Waals surface area (Å²) in [5.74, 6) is 0.992. The van der Waals surface area contributed by atoms with E-state index in [4.69, 9.17) is 10.5 Å². The zero-order valence-corrected chi connectivity index (χ0v) is 11.9. The molecule has 0 saturated heterocycles. The molecule has 0 aliphatic rings. The van der Waals surface area contributed by atoms with E-state index in [1.165, 1.54) is 16.7 Å². The van der Waals surface area contributed by atoms with Crippen LogP contribution in [0.1, 0.15) is 27.8 Å². The normalized spacial score (nSPS) is 10.5. The molecule has 2 nitrogen and oxygen atoms in total. The molecule has 2 rings (SSSR count). The Kier molecular flexibility index (Phi) is 4.23. The second-order valence-electron chi connectivity index (χ2n) is 4.91. The molecule has 0 radical (unpaired) electrons. The molecule has 0 aliphatic heterocycles. The Morgan fingerprint density at radius 1 is 0.895 bits per heavy atom. The van der Waals surface area contributed by atoms with Crippen LogP contribution in [-0.2, 0) is 13.2 Å². The van der Waals surface area contributed by atoms with Crippen molar-refractivity contribution in [3.05, 3.63) is 64.2 Å². The predicted molar refractivity (Wildman–Crippen MR) is 79.3 cm³/mol. The van der Waals surface area contributed by atoms with E-state index >= 15 is 0 Å². The second-order valence-corrected chi connectivity index (χ2v) is 4.91. The molecule has 0 amide bonds. The molecule has 2 aromatic rings. The SMILES string of the molecule is Cc1ccc(C)c(OCc2ccccc2CN)c1C.